The Kier molecular flexibility index (Phi) is 20.5. The topological polar surface area (TPSA) is 414 Å². The average Bonchev–Trinajstić information content (AvgIpc) is 3.67. The minimum absolute atomic E-state index is 0.0912. The molecule has 9 aromatic carbocycles. The van der Waals surface area contributed by atoms with Gasteiger partial charge in [-0.25, -0.2) is 0 Å². The van der Waals surface area contributed by atoms with E-state index in [1.165, 1.54) is 127 Å². The van der Waals surface area contributed by atoms with Gasteiger partial charge in [0.1, 0.15) is 0 Å². The van der Waals surface area contributed by atoms with Gasteiger partial charge in [0.05, 0.1) is 0 Å². The summed E-state index contributed by atoms with van der Waals surface area (Å²) in [4.78, 5) is 96.1. The molecule has 85 heavy (non-hydrogen) atoms. The summed E-state index contributed by atoms with van der Waals surface area (Å²) >= 11 is -10.8. The Morgan fingerprint density at radius 2 is 0.376 bits per heavy atom. The minimum atomic E-state index is -4.50. The van der Waals surface area contributed by atoms with Crippen molar-refractivity contribution in [2.75, 3.05) is 0 Å². The second-order valence-electron chi connectivity index (χ2n) is 17.8. The van der Waals surface area contributed by atoms with Crippen molar-refractivity contribution in [3.8, 4) is 0 Å². The number of hydrogen-bond donors (Lipinski definition) is 1. The van der Waals surface area contributed by atoms with Crippen molar-refractivity contribution in [2.24, 2.45) is 3.96 Å². The number of benzene rings is 9. The summed E-state index contributed by atoms with van der Waals surface area (Å²) in [5, 5.41) is 101. The molecule has 0 bridgehead atoms. The van der Waals surface area contributed by atoms with Crippen molar-refractivity contribution in [3.63, 3.8) is 0 Å². The Morgan fingerprint density at radius 3 is 0.529 bits per heavy atom. The molecule has 0 fully saturated rings. The van der Waals surface area contributed by atoms with Crippen LogP contribution in [0.2, 0.25) is 0 Å². The van der Waals surface area contributed by atoms with E-state index in [-0.39, 0.29) is 51.2 Å². The molecule has 9 rings (SSSR count). The van der Waals surface area contributed by atoms with Gasteiger partial charge in [-0.2, -0.15) is 0 Å². The van der Waals surface area contributed by atoms with E-state index >= 15 is 0 Å². The van der Waals surface area contributed by atoms with E-state index in [4.69, 9.17) is 3.96 Å². The molecule has 0 aliphatic heterocycles. The maximum absolute atomic E-state index is 11.2. The first-order valence-corrected chi connectivity index (χ1v) is 38.7. The molecule has 0 aliphatic carbocycles. The molecule has 0 atom stereocenters. The Balaban J connectivity index is 0.000000183. The molecule has 9 aromatic rings. The van der Waals surface area contributed by atoms with Crippen molar-refractivity contribution >= 4 is 142 Å². The van der Waals surface area contributed by atoms with Gasteiger partial charge < -0.3 is 0 Å². The Labute approximate surface area is 495 Å². The SMILES string of the molecule is O=[N+]([O-])c1ccc[c]([Sn]([c]2cccc([N+](=O)[O-])c2)[c]2cccc([N+](=O)[O-])c2)c1.O=[N+]([O-])c1ccc[c]([Sn]([c]2cccc([N+](=O)[O-])c2)[c]2cccc([N+](=O)[O-])c2)c1.[NH2][Sn]([c]1cccc([N+](=O)[O-])c1)([c]1cccc([N+](=O)[O-])c1)[c]1cccc([N+](=O)[O-])c1. The second-order valence-corrected chi connectivity index (χ2v) is 41.5. The van der Waals surface area contributed by atoms with E-state index in [9.17, 15) is 91.0 Å². The van der Waals surface area contributed by atoms with Crippen LogP contribution in [0.25, 0.3) is 0 Å². The van der Waals surface area contributed by atoms with Gasteiger partial charge >= 0.3 is 499 Å². The zero-order valence-corrected chi connectivity index (χ0v) is 51.8. The Hall–Kier alpha value is -10.1. The standard InChI is InChI=1S/9C6H4NO2.H2N.3Sn/c9*8-7(9)6-4-2-1-3-5-6;;;;/h9*1-2,4-5H;1H2;;;/q;;;;;;;;;-1;;;+1. The zero-order chi connectivity index (χ0) is 61.7. The molecule has 0 amide bonds. The summed E-state index contributed by atoms with van der Waals surface area (Å²) in [6.45, 7) is 0. The van der Waals surface area contributed by atoms with Crippen molar-refractivity contribution in [1.29, 1.82) is 0 Å². The quantitative estimate of drug-likeness (QED) is 0.0655. The van der Waals surface area contributed by atoms with Gasteiger partial charge in [0.2, 0.25) is 0 Å². The van der Waals surface area contributed by atoms with Gasteiger partial charge in [0.15, 0.2) is 0 Å². The first-order chi connectivity index (χ1) is 40.5. The number of rotatable bonds is 18. The molecular weight excluding hydrogens is 1430 g/mol. The first-order valence-electron chi connectivity index (χ1n) is 24.2. The van der Waals surface area contributed by atoms with E-state index in [1.807, 2.05) is 0 Å². The Bertz CT molecular complexity index is 3560. The molecule has 0 aliphatic rings. The summed E-state index contributed by atoms with van der Waals surface area (Å²) in [6, 6.07) is 54.0. The summed E-state index contributed by atoms with van der Waals surface area (Å²) in [6.07, 6.45) is 0. The molecular formula is C54H38N10O18Sn3. The molecule has 0 spiro atoms. The number of hydrogen-bond acceptors (Lipinski definition) is 19. The van der Waals surface area contributed by atoms with Gasteiger partial charge in [-0.05, 0) is 0 Å². The molecule has 2 N–H and O–H groups in total. The van der Waals surface area contributed by atoms with Crippen LogP contribution in [0, 0.1) is 91.0 Å². The molecule has 0 saturated heterocycles. The van der Waals surface area contributed by atoms with E-state index < -0.39 is 102 Å². The first kappa shape index (κ1) is 62.5. The Morgan fingerprint density at radius 1 is 0.235 bits per heavy atom. The van der Waals surface area contributed by atoms with Crippen LogP contribution in [0.1, 0.15) is 0 Å². The van der Waals surface area contributed by atoms with Crippen molar-refractivity contribution < 1.29 is 44.3 Å². The van der Waals surface area contributed by atoms with Gasteiger partial charge in [0.25, 0.3) is 0 Å². The summed E-state index contributed by atoms with van der Waals surface area (Å²) in [7, 11) is 0. The van der Waals surface area contributed by atoms with Crippen LogP contribution in [-0.4, -0.2) is 102 Å². The molecule has 28 nitrogen and oxygen atoms in total. The fourth-order valence-electron chi connectivity index (χ4n) is 8.74. The maximum atomic E-state index is 11.2. The molecule has 0 aromatic heterocycles. The van der Waals surface area contributed by atoms with E-state index in [1.54, 1.807) is 91.0 Å². The van der Waals surface area contributed by atoms with E-state index in [2.05, 4.69) is 0 Å². The summed E-state index contributed by atoms with van der Waals surface area (Å²) < 4.78 is 12.5. The van der Waals surface area contributed by atoms with Gasteiger partial charge in [-0.1, -0.05) is 0 Å². The predicted octanol–water partition coefficient (Wildman–Crippen LogP) is 5.19. The number of nitrogens with zero attached hydrogens (tertiary/aromatic N) is 9. The van der Waals surface area contributed by atoms with Crippen LogP contribution < -0.4 is 36.2 Å². The fraction of sp³-hybridized carbons (Fsp3) is 0. The molecule has 0 saturated carbocycles. The predicted molar refractivity (Wildman–Crippen MR) is 316 cm³/mol. The van der Waals surface area contributed by atoms with Crippen LogP contribution in [0.15, 0.2) is 218 Å². The number of non-ortho nitro benzene ring substituents is 9. The average molecular weight is 1470 g/mol. The molecule has 0 unspecified atom stereocenters. The second kappa shape index (κ2) is 27.8. The van der Waals surface area contributed by atoms with Crippen molar-refractivity contribution in [2.45, 2.75) is 0 Å². The van der Waals surface area contributed by atoms with Gasteiger partial charge in [0, 0.05) is 0 Å². The van der Waals surface area contributed by atoms with E-state index in [0.717, 1.165) is 0 Å². The number of nitro groups is 9. The molecule has 424 valence electrons. The van der Waals surface area contributed by atoms with Crippen LogP contribution in [0.5, 0.6) is 0 Å². The zero-order valence-electron chi connectivity index (χ0n) is 43.2. The third kappa shape index (κ3) is 15.3. The van der Waals surface area contributed by atoms with Crippen LogP contribution >= 0.6 is 0 Å². The van der Waals surface area contributed by atoms with Gasteiger partial charge in [-0.15, -0.1) is 0 Å². The van der Waals surface area contributed by atoms with Crippen LogP contribution in [0.4, 0.5) is 51.2 Å². The fourth-order valence-corrected chi connectivity index (χ4v) is 33.1. The van der Waals surface area contributed by atoms with Crippen LogP contribution in [0.3, 0.4) is 0 Å². The number of nitrogens with two attached hydrogens (primary N) is 1. The van der Waals surface area contributed by atoms with Crippen molar-refractivity contribution in [1.82, 2.24) is 0 Å². The van der Waals surface area contributed by atoms with Crippen molar-refractivity contribution in [3.05, 3.63) is 309 Å². The molecule has 0 heterocycles. The summed E-state index contributed by atoms with van der Waals surface area (Å²) in [5.41, 5.74) is -1.08. The monoisotopic (exact) mass is 1470 g/mol. The third-order valence-electron chi connectivity index (χ3n) is 12.6. The normalized spacial score (nSPS) is 10.8. The summed E-state index contributed by atoms with van der Waals surface area (Å²) in [5.74, 6) is 0. The molecule has 31 heteroatoms. The van der Waals surface area contributed by atoms with Gasteiger partial charge in [-0.3, -0.25) is 0 Å². The number of nitro benzene ring substituents is 9. The van der Waals surface area contributed by atoms with E-state index in [0.29, 0.717) is 32.2 Å². The van der Waals surface area contributed by atoms with Crippen LogP contribution in [-0.2, 0) is 0 Å². The third-order valence-corrected chi connectivity index (χ3v) is 38.3. The molecule has 2 radical (unpaired) electrons.